The first-order valence-corrected chi connectivity index (χ1v) is 14.1. The highest BCUT2D eigenvalue weighted by Crippen LogP contribution is 2.45. The first-order chi connectivity index (χ1) is 17.2. The van der Waals surface area contributed by atoms with Gasteiger partial charge in [-0.3, -0.25) is 4.79 Å². The van der Waals surface area contributed by atoms with E-state index in [0.29, 0.717) is 53.3 Å². The molecule has 1 N–H and O–H groups in total. The molecular weight excluding hydrogens is 532 g/mol. The van der Waals surface area contributed by atoms with Crippen molar-refractivity contribution in [2.75, 3.05) is 26.2 Å². The first kappa shape index (κ1) is 25.5. The van der Waals surface area contributed by atoms with E-state index in [2.05, 4.69) is 0 Å². The topological polar surface area (TPSA) is 88.2 Å². The summed E-state index contributed by atoms with van der Waals surface area (Å²) in [6.07, 6.45) is 3.93. The van der Waals surface area contributed by atoms with Crippen molar-refractivity contribution in [1.82, 2.24) is 14.1 Å². The number of nitrogens with one attached hydrogen (secondary N) is 1. The predicted octanol–water partition coefficient (Wildman–Crippen LogP) is 4.53. The molecule has 2 aliphatic heterocycles. The van der Waals surface area contributed by atoms with Crippen molar-refractivity contribution in [1.29, 1.82) is 0 Å². The molecule has 2 aromatic rings. The fourth-order valence-corrected chi connectivity index (χ4v) is 6.03. The van der Waals surface area contributed by atoms with E-state index in [1.165, 1.54) is 12.1 Å². The Kier molecular flexibility index (Phi) is 7.33. The van der Waals surface area contributed by atoms with Gasteiger partial charge in [0.1, 0.15) is 17.7 Å². The average molecular weight is 558 g/mol. The number of hydrogen-bond acceptors (Lipinski definition) is 6. The SMILES string of the molecule is O=C(NS(=O)(=O)N1CCC1)c1cc(C2CC2)c(ON2CCC[C@H](Oc3cc(Cl)cc(Cl)c3)C2)cc1F. The molecular formula is C24H26Cl2FN3O5S. The van der Waals surface area contributed by atoms with Crippen LogP contribution in [-0.4, -0.2) is 56.0 Å². The summed E-state index contributed by atoms with van der Waals surface area (Å²) >= 11 is 12.1. The summed E-state index contributed by atoms with van der Waals surface area (Å²) in [5.74, 6) is -0.815. The molecule has 1 saturated carbocycles. The summed E-state index contributed by atoms with van der Waals surface area (Å²) < 4.78 is 48.7. The summed E-state index contributed by atoms with van der Waals surface area (Å²) in [4.78, 5) is 18.7. The van der Waals surface area contributed by atoms with Gasteiger partial charge in [-0.15, -0.1) is 5.06 Å². The van der Waals surface area contributed by atoms with Crippen LogP contribution in [0.5, 0.6) is 11.5 Å². The number of hydrogen-bond donors (Lipinski definition) is 1. The minimum absolute atomic E-state index is 0.129. The zero-order valence-electron chi connectivity index (χ0n) is 19.4. The van der Waals surface area contributed by atoms with E-state index in [1.807, 2.05) is 4.72 Å². The van der Waals surface area contributed by atoms with Gasteiger partial charge in [0.2, 0.25) is 0 Å². The van der Waals surface area contributed by atoms with Crippen molar-refractivity contribution in [2.24, 2.45) is 0 Å². The minimum atomic E-state index is -3.98. The molecule has 1 aliphatic carbocycles. The Bertz CT molecular complexity index is 1250. The fraction of sp³-hybridized carbons (Fsp3) is 0.458. The van der Waals surface area contributed by atoms with Gasteiger partial charge in [-0.1, -0.05) is 23.2 Å². The molecule has 8 nitrogen and oxygen atoms in total. The molecule has 2 saturated heterocycles. The Morgan fingerprint density at radius 3 is 2.36 bits per heavy atom. The number of benzene rings is 2. The van der Waals surface area contributed by atoms with E-state index in [4.69, 9.17) is 32.8 Å². The van der Waals surface area contributed by atoms with Crippen LogP contribution < -0.4 is 14.3 Å². The number of amides is 1. The third-order valence-electron chi connectivity index (χ3n) is 6.45. The quantitative estimate of drug-likeness (QED) is 0.513. The van der Waals surface area contributed by atoms with Gasteiger partial charge in [0.05, 0.1) is 12.1 Å². The van der Waals surface area contributed by atoms with Crippen molar-refractivity contribution < 1.29 is 27.2 Å². The van der Waals surface area contributed by atoms with E-state index in [-0.39, 0.29) is 17.6 Å². The van der Waals surface area contributed by atoms with Crippen LogP contribution in [-0.2, 0) is 10.2 Å². The molecule has 194 valence electrons. The molecule has 36 heavy (non-hydrogen) atoms. The zero-order chi connectivity index (χ0) is 25.4. The first-order valence-electron chi connectivity index (χ1n) is 11.9. The molecule has 1 amide bonds. The fourth-order valence-electron chi connectivity index (χ4n) is 4.31. The van der Waals surface area contributed by atoms with E-state index < -0.39 is 21.9 Å². The maximum absolute atomic E-state index is 15.0. The lowest BCUT2D eigenvalue weighted by Gasteiger charge is -2.32. The lowest BCUT2D eigenvalue weighted by atomic mass is 10.0. The van der Waals surface area contributed by atoms with Crippen molar-refractivity contribution in [3.63, 3.8) is 0 Å². The summed E-state index contributed by atoms with van der Waals surface area (Å²) in [6.45, 7) is 1.75. The number of carbonyl (C=O) groups excluding carboxylic acids is 1. The lowest BCUT2D eigenvalue weighted by molar-refractivity contribution is -0.101. The maximum Gasteiger partial charge on any atom is 0.304 e. The number of piperidine rings is 1. The third kappa shape index (κ3) is 5.89. The van der Waals surface area contributed by atoms with Crippen molar-refractivity contribution in [3.8, 4) is 11.5 Å². The van der Waals surface area contributed by atoms with Gasteiger partial charge in [0, 0.05) is 41.3 Å². The van der Waals surface area contributed by atoms with Crippen LogP contribution >= 0.6 is 23.2 Å². The van der Waals surface area contributed by atoms with E-state index in [1.54, 1.807) is 23.3 Å². The molecule has 12 heteroatoms. The number of carbonyl (C=O) groups is 1. The van der Waals surface area contributed by atoms with E-state index in [0.717, 1.165) is 36.4 Å². The summed E-state index contributed by atoms with van der Waals surface area (Å²) in [5.41, 5.74) is 0.374. The standard InChI is InChI=1S/C24H26Cl2FN3O5S/c25-16-9-17(26)11-19(10-16)34-18-3-1-6-29(14-18)35-23-13-22(27)21(12-20(23)15-4-5-15)24(31)28-36(32,33)30-7-2-8-30/h9-13,15,18H,1-8,14H2,(H,28,31)/t18-/m0/s1. The molecule has 0 spiro atoms. The van der Waals surface area contributed by atoms with Gasteiger partial charge in [-0.25, -0.2) is 9.11 Å². The molecule has 0 bridgehead atoms. The summed E-state index contributed by atoms with van der Waals surface area (Å²) in [5, 5.41) is 2.68. The van der Waals surface area contributed by atoms with Crippen LogP contribution in [0.1, 0.15) is 53.9 Å². The monoisotopic (exact) mass is 557 g/mol. The third-order valence-corrected chi connectivity index (χ3v) is 8.37. The van der Waals surface area contributed by atoms with Gasteiger partial charge in [0.25, 0.3) is 5.91 Å². The molecule has 2 aromatic carbocycles. The molecule has 5 rings (SSSR count). The van der Waals surface area contributed by atoms with Crippen LogP contribution in [0.15, 0.2) is 30.3 Å². The van der Waals surface area contributed by atoms with Gasteiger partial charge >= 0.3 is 10.2 Å². The number of ether oxygens (including phenoxy) is 1. The smallest absolute Gasteiger partial charge is 0.304 e. The largest absolute Gasteiger partial charge is 0.489 e. The molecule has 0 unspecified atom stereocenters. The van der Waals surface area contributed by atoms with Crippen LogP contribution in [0.25, 0.3) is 0 Å². The Labute approximate surface area is 219 Å². The second-order valence-electron chi connectivity index (χ2n) is 9.30. The van der Waals surface area contributed by atoms with Crippen molar-refractivity contribution in [2.45, 2.75) is 44.1 Å². The Morgan fingerprint density at radius 1 is 1.00 bits per heavy atom. The molecule has 3 aliphatic rings. The van der Waals surface area contributed by atoms with Crippen LogP contribution in [0.4, 0.5) is 4.39 Å². The van der Waals surface area contributed by atoms with Crippen LogP contribution in [0.2, 0.25) is 10.0 Å². The normalized spacial score (nSPS) is 21.0. The molecule has 3 fully saturated rings. The summed E-state index contributed by atoms with van der Waals surface area (Å²) in [7, 11) is -3.98. The second-order valence-corrected chi connectivity index (χ2v) is 11.8. The van der Waals surface area contributed by atoms with Crippen LogP contribution in [0, 0.1) is 5.82 Å². The van der Waals surface area contributed by atoms with E-state index in [9.17, 15) is 13.2 Å². The van der Waals surface area contributed by atoms with E-state index >= 15 is 4.39 Å². The molecule has 0 radical (unpaired) electrons. The van der Waals surface area contributed by atoms with Crippen molar-refractivity contribution in [3.05, 3.63) is 57.3 Å². The second kappa shape index (κ2) is 10.3. The highest BCUT2D eigenvalue weighted by Gasteiger charge is 2.34. The van der Waals surface area contributed by atoms with Gasteiger partial charge in [-0.2, -0.15) is 12.7 Å². The Hall–Kier alpha value is -2.11. The predicted molar refractivity (Wildman–Crippen MR) is 133 cm³/mol. The maximum atomic E-state index is 15.0. The number of halogens is 3. The Balaban J connectivity index is 1.30. The van der Waals surface area contributed by atoms with Crippen molar-refractivity contribution >= 4 is 39.3 Å². The van der Waals surface area contributed by atoms with Gasteiger partial charge in [0.15, 0.2) is 5.75 Å². The van der Waals surface area contributed by atoms with Gasteiger partial charge < -0.3 is 9.57 Å². The highest BCUT2D eigenvalue weighted by atomic mass is 35.5. The summed E-state index contributed by atoms with van der Waals surface area (Å²) in [6, 6.07) is 7.60. The number of hydroxylamine groups is 2. The molecule has 0 aromatic heterocycles. The Morgan fingerprint density at radius 2 is 1.72 bits per heavy atom. The number of nitrogens with zero attached hydrogens (tertiary/aromatic N) is 2. The highest BCUT2D eigenvalue weighted by molar-refractivity contribution is 7.87. The zero-order valence-corrected chi connectivity index (χ0v) is 21.7. The lowest BCUT2D eigenvalue weighted by Crippen LogP contribution is -2.49. The van der Waals surface area contributed by atoms with Gasteiger partial charge in [-0.05, 0) is 62.3 Å². The minimum Gasteiger partial charge on any atom is -0.489 e. The molecule has 1 atom stereocenters. The average Bonchev–Trinajstić information content (AvgIpc) is 3.56. The van der Waals surface area contributed by atoms with Crippen LogP contribution in [0.3, 0.4) is 0 Å². The number of rotatable bonds is 8. The molecule has 2 heterocycles.